The Morgan fingerprint density at radius 3 is 2.43 bits per heavy atom. The SMILES string of the molecule is COC(=O)C1=C(c2ccc(S(C)(=O)=O)cc2)CC2CCC1N2C. The number of hydrogen-bond donors (Lipinski definition) is 0. The van der Waals surface area contributed by atoms with Gasteiger partial charge in [-0.2, -0.15) is 0 Å². The molecule has 124 valence electrons. The van der Waals surface area contributed by atoms with E-state index in [0.717, 1.165) is 36.0 Å². The van der Waals surface area contributed by atoms with Crippen molar-refractivity contribution in [3.63, 3.8) is 0 Å². The Hall–Kier alpha value is -1.66. The fourth-order valence-electron chi connectivity index (χ4n) is 3.70. The Labute approximate surface area is 136 Å². The zero-order valence-electron chi connectivity index (χ0n) is 13.6. The lowest BCUT2D eigenvalue weighted by Crippen LogP contribution is -2.40. The minimum atomic E-state index is -3.22. The van der Waals surface area contributed by atoms with E-state index in [-0.39, 0.29) is 16.9 Å². The molecule has 23 heavy (non-hydrogen) atoms. The van der Waals surface area contributed by atoms with Crippen LogP contribution >= 0.6 is 0 Å². The van der Waals surface area contributed by atoms with Crippen molar-refractivity contribution in [1.82, 2.24) is 4.90 Å². The van der Waals surface area contributed by atoms with Crippen molar-refractivity contribution in [2.24, 2.45) is 0 Å². The molecule has 0 aliphatic carbocycles. The predicted molar refractivity (Wildman–Crippen MR) is 87.7 cm³/mol. The van der Waals surface area contributed by atoms with E-state index in [1.807, 2.05) is 0 Å². The van der Waals surface area contributed by atoms with Gasteiger partial charge in [0.25, 0.3) is 0 Å². The van der Waals surface area contributed by atoms with Gasteiger partial charge in [-0.25, -0.2) is 13.2 Å². The fraction of sp³-hybridized carbons (Fsp3) is 0.471. The van der Waals surface area contributed by atoms with E-state index in [1.54, 1.807) is 24.3 Å². The molecule has 1 fully saturated rings. The molecule has 5 nitrogen and oxygen atoms in total. The highest BCUT2D eigenvalue weighted by molar-refractivity contribution is 7.90. The monoisotopic (exact) mass is 335 g/mol. The van der Waals surface area contributed by atoms with Gasteiger partial charge in [-0.1, -0.05) is 12.1 Å². The van der Waals surface area contributed by atoms with Gasteiger partial charge in [0.15, 0.2) is 9.84 Å². The second-order valence-corrected chi connectivity index (χ2v) is 8.31. The van der Waals surface area contributed by atoms with Gasteiger partial charge in [-0.15, -0.1) is 0 Å². The lowest BCUT2D eigenvalue weighted by atomic mass is 9.89. The first-order chi connectivity index (χ1) is 10.8. The fourth-order valence-corrected chi connectivity index (χ4v) is 4.33. The first kappa shape index (κ1) is 16.2. The van der Waals surface area contributed by atoms with Crippen molar-refractivity contribution in [1.29, 1.82) is 0 Å². The van der Waals surface area contributed by atoms with E-state index in [1.165, 1.54) is 13.4 Å². The molecule has 0 amide bonds. The lowest BCUT2D eigenvalue weighted by molar-refractivity contribution is -0.136. The minimum Gasteiger partial charge on any atom is -0.466 e. The number of carbonyl (C=O) groups excluding carboxylic acids is 1. The number of fused-ring (bicyclic) bond motifs is 2. The van der Waals surface area contributed by atoms with Gasteiger partial charge in [0.2, 0.25) is 0 Å². The Morgan fingerprint density at radius 2 is 1.87 bits per heavy atom. The number of esters is 1. The molecule has 2 aliphatic rings. The number of hydrogen-bond acceptors (Lipinski definition) is 5. The number of methoxy groups -OCH3 is 1. The highest BCUT2D eigenvalue weighted by Crippen LogP contribution is 2.42. The van der Waals surface area contributed by atoms with Crippen LogP contribution in [0.4, 0.5) is 0 Å². The molecule has 2 bridgehead atoms. The largest absolute Gasteiger partial charge is 0.466 e. The standard InChI is InChI=1S/C17H21NO4S/c1-18-12-6-9-15(18)16(17(19)22-2)14(10-12)11-4-7-13(8-5-11)23(3,20)21/h4-5,7-8,12,15H,6,9-10H2,1-3H3. The minimum absolute atomic E-state index is 0.0887. The summed E-state index contributed by atoms with van der Waals surface area (Å²) in [7, 11) is 0.235. The Kier molecular flexibility index (Phi) is 4.06. The van der Waals surface area contributed by atoms with Gasteiger partial charge >= 0.3 is 5.97 Å². The highest BCUT2D eigenvalue weighted by Gasteiger charge is 2.42. The van der Waals surface area contributed by atoms with Crippen LogP contribution in [0.1, 0.15) is 24.8 Å². The van der Waals surface area contributed by atoms with Crippen LogP contribution in [-0.4, -0.2) is 51.8 Å². The average Bonchev–Trinajstić information content (AvgIpc) is 2.75. The Bertz CT molecular complexity index is 764. The summed E-state index contributed by atoms with van der Waals surface area (Å²) in [5.74, 6) is -0.288. The van der Waals surface area contributed by atoms with Crippen LogP contribution in [0.2, 0.25) is 0 Å². The molecule has 1 aromatic carbocycles. The van der Waals surface area contributed by atoms with Gasteiger partial charge in [-0.3, -0.25) is 4.90 Å². The second kappa shape index (κ2) is 5.76. The predicted octanol–water partition coefficient (Wildman–Crippen LogP) is 1.88. The summed E-state index contributed by atoms with van der Waals surface area (Å²) >= 11 is 0. The van der Waals surface area contributed by atoms with Gasteiger partial charge in [0, 0.05) is 18.3 Å². The first-order valence-electron chi connectivity index (χ1n) is 7.66. The van der Waals surface area contributed by atoms with Crippen molar-refractivity contribution in [2.75, 3.05) is 20.4 Å². The average molecular weight is 335 g/mol. The maximum absolute atomic E-state index is 12.3. The highest BCUT2D eigenvalue weighted by atomic mass is 32.2. The molecule has 0 spiro atoms. The zero-order chi connectivity index (χ0) is 16.8. The van der Waals surface area contributed by atoms with Crippen LogP contribution in [0.5, 0.6) is 0 Å². The van der Waals surface area contributed by atoms with E-state index < -0.39 is 9.84 Å². The van der Waals surface area contributed by atoms with Gasteiger partial charge in [0.1, 0.15) is 0 Å². The summed E-state index contributed by atoms with van der Waals surface area (Å²) in [6.45, 7) is 0. The van der Waals surface area contributed by atoms with Gasteiger partial charge in [-0.05, 0) is 49.6 Å². The van der Waals surface area contributed by atoms with Crippen molar-refractivity contribution in [2.45, 2.75) is 36.2 Å². The number of carbonyl (C=O) groups is 1. The zero-order valence-corrected chi connectivity index (χ0v) is 14.4. The van der Waals surface area contributed by atoms with Crippen molar-refractivity contribution < 1.29 is 17.9 Å². The van der Waals surface area contributed by atoms with E-state index in [0.29, 0.717) is 6.04 Å². The lowest BCUT2D eigenvalue weighted by Gasteiger charge is -2.34. The molecule has 3 rings (SSSR count). The third-order valence-electron chi connectivity index (χ3n) is 4.98. The van der Waals surface area contributed by atoms with Crippen LogP contribution < -0.4 is 0 Å². The molecule has 0 radical (unpaired) electrons. The number of sulfone groups is 1. The number of likely N-dealkylation sites (N-methyl/N-ethyl adjacent to an activating group) is 1. The molecule has 1 aromatic rings. The van der Waals surface area contributed by atoms with Crippen LogP contribution in [0.25, 0.3) is 5.57 Å². The number of benzene rings is 1. The first-order valence-corrected chi connectivity index (χ1v) is 9.56. The van der Waals surface area contributed by atoms with Gasteiger partial charge < -0.3 is 4.74 Å². The summed E-state index contributed by atoms with van der Waals surface area (Å²) < 4.78 is 28.2. The Balaban J connectivity index is 2.08. The van der Waals surface area contributed by atoms with E-state index >= 15 is 0 Å². The van der Waals surface area contributed by atoms with Crippen LogP contribution in [0.15, 0.2) is 34.7 Å². The summed E-state index contributed by atoms with van der Waals surface area (Å²) in [5, 5.41) is 0. The molecule has 6 heteroatoms. The number of rotatable bonds is 3. The van der Waals surface area contributed by atoms with Crippen LogP contribution in [-0.2, 0) is 19.4 Å². The summed E-state index contributed by atoms with van der Waals surface area (Å²) in [5.41, 5.74) is 2.61. The Morgan fingerprint density at radius 1 is 1.22 bits per heavy atom. The van der Waals surface area contributed by atoms with Crippen LogP contribution in [0, 0.1) is 0 Å². The number of ether oxygens (including phenoxy) is 1. The van der Waals surface area contributed by atoms with Crippen molar-refractivity contribution >= 4 is 21.4 Å². The molecular formula is C17H21NO4S. The second-order valence-electron chi connectivity index (χ2n) is 6.30. The quantitative estimate of drug-likeness (QED) is 0.789. The smallest absolute Gasteiger partial charge is 0.335 e. The number of nitrogens with zero attached hydrogens (tertiary/aromatic N) is 1. The third kappa shape index (κ3) is 2.81. The molecule has 1 saturated heterocycles. The summed E-state index contributed by atoms with van der Waals surface area (Å²) in [6, 6.07) is 7.31. The molecule has 2 aliphatic heterocycles. The topological polar surface area (TPSA) is 63.7 Å². The maximum Gasteiger partial charge on any atom is 0.335 e. The van der Waals surface area contributed by atoms with Crippen molar-refractivity contribution in [3.05, 3.63) is 35.4 Å². The van der Waals surface area contributed by atoms with E-state index in [4.69, 9.17) is 4.74 Å². The summed E-state index contributed by atoms with van der Waals surface area (Å²) in [6.07, 6.45) is 4.00. The molecule has 2 unspecified atom stereocenters. The summed E-state index contributed by atoms with van der Waals surface area (Å²) in [4.78, 5) is 14.8. The molecule has 0 N–H and O–H groups in total. The van der Waals surface area contributed by atoms with E-state index in [2.05, 4.69) is 11.9 Å². The molecule has 2 atom stereocenters. The maximum atomic E-state index is 12.3. The van der Waals surface area contributed by atoms with Crippen molar-refractivity contribution in [3.8, 4) is 0 Å². The van der Waals surface area contributed by atoms with Crippen LogP contribution in [0.3, 0.4) is 0 Å². The van der Waals surface area contributed by atoms with E-state index in [9.17, 15) is 13.2 Å². The third-order valence-corrected chi connectivity index (χ3v) is 6.10. The normalized spacial score (nSPS) is 24.8. The molecule has 0 saturated carbocycles. The van der Waals surface area contributed by atoms with Gasteiger partial charge in [0.05, 0.1) is 17.6 Å². The molecular weight excluding hydrogens is 314 g/mol. The molecule has 0 aromatic heterocycles. The molecule has 2 heterocycles.